The number of imidazole rings is 1. The van der Waals surface area contributed by atoms with E-state index in [4.69, 9.17) is 4.74 Å². The van der Waals surface area contributed by atoms with E-state index in [0.29, 0.717) is 12.4 Å². The highest BCUT2D eigenvalue weighted by Crippen LogP contribution is 2.18. The van der Waals surface area contributed by atoms with Crippen molar-refractivity contribution in [3.8, 4) is 0 Å². The van der Waals surface area contributed by atoms with Crippen molar-refractivity contribution >= 4 is 5.97 Å². The van der Waals surface area contributed by atoms with Gasteiger partial charge >= 0.3 is 5.97 Å². The van der Waals surface area contributed by atoms with Gasteiger partial charge in [-0.2, -0.15) is 0 Å². The van der Waals surface area contributed by atoms with Crippen LogP contribution in [0.15, 0.2) is 0 Å². The van der Waals surface area contributed by atoms with E-state index in [2.05, 4.69) is 9.97 Å². The van der Waals surface area contributed by atoms with Crippen molar-refractivity contribution in [1.82, 2.24) is 9.97 Å². The molecule has 1 N–H and O–H groups in total. The Balaban J connectivity index is 2.19. The molecule has 76 valence electrons. The van der Waals surface area contributed by atoms with Crippen molar-refractivity contribution in [2.45, 2.75) is 32.6 Å². The van der Waals surface area contributed by atoms with Gasteiger partial charge in [-0.15, -0.1) is 0 Å². The molecule has 0 spiro atoms. The van der Waals surface area contributed by atoms with E-state index < -0.39 is 0 Å². The smallest absolute Gasteiger partial charge is 0.374 e. The number of aromatic amines is 1. The zero-order valence-corrected chi connectivity index (χ0v) is 8.30. The van der Waals surface area contributed by atoms with Gasteiger partial charge in [0.15, 0.2) is 0 Å². The Hall–Kier alpha value is -1.32. The highest BCUT2D eigenvalue weighted by Gasteiger charge is 2.18. The third kappa shape index (κ3) is 1.64. The van der Waals surface area contributed by atoms with Crippen LogP contribution < -0.4 is 0 Å². The monoisotopic (exact) mass is 194 g/mol. The fourth-order valence-corrected chi connectivity index (χ4v) is 1.75. The molecule has 0 atom stereocenters. The van der Waals surface area contributed by atoms with Crippen molar-refractivity contribution in [3.63, 3.8) is 0 Å². The van der Waals surface area contributed by atoms with Gasteiger partial charge in [0.25, 0.3) is 0 Å². The third-order valence-corrected chi connectivity index (χ3v) is 2.42. The lowest BCUT2D eigenvalue weighted by atomic mass is 10.0. The molecule has 1 aromatic rings. The van der Waals surface area contributed by atoms with Crippen LogP contribution in [-0.2, 0) is 17.6 Å². The van der Waals surface area contributed by atoms with E-state index in [1.807, 2.05) is 0 Å². The first-order valence-corrected chi connectivity index (χ1v) is 5.06. The summed E-state index contributed by atoms with van der Waals surface area (Å²) >= 11 is 0. The average molecular weight is 194 g/mol. The van der Waals surface area contributed by atoms with E-state index in [1.54, 1.807) is 6.92 Å². The van der Waals surface area contributed by atoms with Crippen LogP contribution in [0, 0.1) is 0 Å². The summed E-state index contributed by atoms with van der Waals surface area (Å²) in [6.45, 7) is 2.19. The molecule has 4 nitrogen and oxygen atoms in total. The van der Waals surface area contributed by atoms with Crippen LogP contribution in [0.5, 0.6) is 0 Å². The molecule has 0 fully saturated rings. The first-order chi connectivity index (χ1) is 6.81. The van der Waals surface area contributed by atoms with Crippen LogP contribution in [0.2, 0.25) is 0 Å². The number of ether oxygens (including phenoxy) is 1. The average Bonchev–Trinajstić information content (AvgIpc) is 2.61. The molecule has 0 aromatic carbocycles. The Morgan fingerprint density at radius 1 is 1.50 bits per heavy atom. The Bertz CT molecular complexity index is 320. The van der Waals surface area contributed by atoms with Crippen molar-refractivity contribution < 1.29 is 9.53 Å². The van der Waals surface area contributed by atoms with Crippen molar-refractivity contribution in [2.24, 2.45) is 0 Å². The summed E-state index contributed by atoms with van der Waals surface area (Å²) in [4.78, 5) is 18.6. The number of hydrogen-bond acceptors (Lipinski definition) is 3. The van der Waals surface area contributed by atoms with Crippen LogP contribution in [0.1, 0.15) is 41.8 Å². The lowest BCUT2D eigenvalue weighted by Gasteiger charge is -2.07. The fourth-order valence-electron chi connectivity index (χ4n) is 1.75. The van der Waals surface area contributed by atoms with E-state index in [-0.39, 0.29) is 5.97 Å². The van der Waals surface area contributed by atoms with Crippen molar-refractivity contribution in [1.29, 1.82) is 0 Å². The highest BCUT2D eigenvalue weighted by molar-refractivity contribution is 5.85. The predicted molar refractivity (Wildman–Crippen MR) is 51.2 cm³/mol. The van der Waals surface area contributed by atoms with Gasteiger partial charge in [-0.05, 0) is 32.6 Å². The van der Waals surface area contributed by atoms with Gasteiger partial charge in [0.2, 0.25) is 5.82 Å². The Morgan fingerprint density at radius 2 is 2.29 bits per heavy atom. The number of aryl methyl sites for hydroxylation is 2. The van der Waals surface area contributed by atoms with E-state index in [0.717, 1.165) is 24.2 Å². The van der Waals surface area contributed by atoms with Gasteiger partial charge in [0.1, 0.15) is 0 Å². The van der Waals surface area contributed by atoms with Crippen LogP contribution in [0.4, 0.5) is 0 Å². The zero-order chi connectivity index (χ0) is 9.97. The molecule has 0 unspecified atom stereocenters. The molecule has 1 aliphatic carbocycles. The number of aromatic nitrogens is 2. The maximum atomic E-state index is 11.3. The molecule has 0 radical (unpaired) electrons. The number of fused-ring (bicyclic) bond motifs is 1. The number of rotatable bonds is 2. The van der Waals surface area contributed by atoms with Gasteiger partial charge in [-0.3, -0.25) is 0 Å². The molecule has 2 rings (SSSR count). The Labute approximate surface area is 82.7 Å². The summed E-state index contributed by atoms with van der Waals surface area (Å²) in [6, 6.07) is 0. The first-order valence-electron chi connectivity index (χ1n) is 5.06. The van der Waals surface area contributed by atoms with E-state index in [1.165, 1.54) is 12.8 Å². The lowest BCUT2D eigenvalue weighted by molar-refractivity contribution is 0.0513. The van der Waals surface area contributed by atoms with E-state index in [9.17, 15) is 4.79 Å². The lowest BCUT2D eigenvalue weighted by Crippen LogP contribution is -2.06. The van der Waals surface area contributed by atoms with Gasteiger partial charge in [-0.1, -0.05) is 0 Å². The number of nitrogens with one attached hydrogen (secondary N) is 1. The Morgan fingerprint density at radius 3 is 3.00 bits per heavy atom. The van der Waals surface area contributed by atoms with Gasteiger partial charge in [0, 0.05) is 5.69 Å². The summed E-state index contributed by atoms with van der Waals surface area (Å²) in [5.41, 5.74) is 2.15. The maximum absolute atomic E-state index is 11.3. The number of esters is 1. The summed E-state index contributed by atoms with van der Waals surface area (Å²) < 4.78 is 4.87. The third-order valence-electron chi connectivity index (χ3n) is 2.42. The predicted octanol–water partition coefficient (Wildman–Crippen LogP) is 1.47. The standard InChI is InChI=1S/C10H14N2O2/c1-2-14-10(13)9-11-7-5-3-4-6-8(7)12-9/h2-6H2,1H3,(H,11,12). The minimum atomic E-state index is -0.345. The molecular formula is C10H14N2O2. The van der Waals surface area contributed by atoms with Crippen LogP contribution in [0.3, 0.4) is 0 Å². The molecule has 1 aliphatic rings. The van der Waals surface area contributed by atoms with Crippen LogP contribution in [-0.4, -0.2) is 22.5 Å². The molecule has 0 amide bonds. The topological polar surface area (TPSA) is 55.0 Å². The number of H-pyrrole nitrogens is 1. The number of carbonyl (C=O) groups excluding carboxylic acids is 1. The number of nitrogens with zero attached hydrogens (tertiary/aromatic N) is 1. The van der Waals surface area contributed by atoms with Gasteiger partial charge in [-0.25, -0.2) is 9.78 Å². The van der Waals surface area contributed by atoms with Crippen molar-refractivity contribution in [2.75, 3.05) is 6.61 Å². The molecule has 0 bridgehead atoms. The second-order valence-electron chi connectivity index (χ2n) is 3.44. The minimum Gasteiger partial charge on any atom is -0.460 e. The quantitative estimate of drug-likeness (QED) is 0.725. The highest BCUT2D eigenvalue weighted by atomic mass is 16.5. The summed E-state index contributed by atoms with van der Waals surface area (Å²) in [5.74, 6) is 0.0145. The number of carbonyl (C=O) groups is 1. The fraction of sp³-hybridized carbons (Fsp3) is 0.600. The molecular weight excluding hydrogens is 180 g/mol. The molecule has 1 heterocycles. The Kier molecular flexibility index (Phi) is 2.52. The SMILES string of the molecule is CCOC(=O)c1nc2c([nH]1)CCCC2. The minimum absolute atomic E-state index is 0.345. The van der Waals surface area contributed by atoms with E-state index >= 15 is 0 Å². The first kappa shape index (κ1) is 9.24. The summed E-state index contributed by atoms with van der Waals surface area (Å²) in [6.07, 6.45) is 4.32. The summed E-state index contributed by atoms with van der Waals surface area (Å²) in [5, 5.41) is 0. The zero-order valence-electron chi connectivity index (χ0n) is 8.30. The van der Waals surface area contributed by atoms with Crippen LogP contribution in [0.25, 0.3) is 0 Å². The molecule has 0 aliphatic heterocycles. The second kappa shape index (κ2) is 3.82. The molecule has 14 heavy (non-hydrogen) atoms. The van der Waals surface area contributed by atoms with Crippen LogP contribution >= 0.6 is 0 Å². The summed E-state index contributed by atoms with van der Waals surface area (Å²) in [7, 11) is 0. The normalized spacial score (nSPS) is 14.9. The molecule has 0 saturated carbocycles. The second-order valence-corrected chi connectivity index (χ2v) is 3.44. The molecule has 4 heteroatoms. The largest absolute Gasteiger partial charge is 0.460 e. The maximum Gasteiger partial charge on any atom is 0.374 e. The molecule has 1 aromatic heterocycles. The molecule has 0 saturated heterocycles. The number of hydrogen-bond donors (Lipinski definition) is 1. The van der Waals surface area contributed by atoms with Gasteiger partial charge < -0.3 is 9.72 Å². The van der Waals surface area contributed by atoms with Gasteiger partial charge in [0.05, 0.1) is 12.3 Å². The van der Waals surface area contributed by atoms with Crippen molar-refractivity contribution in [3.05, 3.63) is 17.2 Å².